The van der Waals surface area contributed by atoms with Gasteiger partial charge in [0.1, 0.15) is 11.6 Å². The number of rotatable bonds is 2. The molecule has 2 heteroatoms. The van der Waals surface area contributed by atoms with Gasteiger partial charge in [-0.25, -0.2) is 4.39 Å². The number of hydrogen-bond donors (Lipinski definition) is 0. The SMILES string of the molecule is CC=COc1ccc(F)cc1. The summed E-state index contributed by atoms with van der Waals surface area (Å²) in [7, 11) is 0. The predicted octanol–water partition coefficient (Wildman–Crippen LogP) is 2.74. The third kappa shape index (κ3) is 2.42. The van der Waals surface area contributed by atoms with Crippen molar-refractivity contribution in [3.63, 3.8) is 0 Å². The molecule has 1 aromatic rings. The van der Waals surface area contributed by atoms with Crippen molar-refractivity contribution in [2.75, 3.05) is 0 Å². The van der Waals surface area contributed by atoms with Gasteiger partial charge in [-0.2, -0.15) is 0 Å². The van der Waals surface area contributed by atoms with Gasteiger partial charge >= 0.3 is 0 Å². The molecule has 0 aliphatic rings. The van der Waals surface area contributed by atoms with Gasteiger partial charge in [-0.1, -0.05) is 6.08 Å². The molecule has 0 aliphatic carbocycles. The highest BCUT2D eigenvalue weighted by molar-refractivity contribution is 5.22. The van der Waals surface area contributed by atoms with Crippen molar-refractivity contribution >= 4 is 0 Å². The van der Waals surface area contributed by atoms with Gasteiger partial charge in [0, 0.05) is 0 Å². The van der Waals surface area contributed by atoms with Crippen LogP contribution in [0.15, 0.2) is 36.6 Å². The minimum absolute atomic E-state index is 0.252. The molecule has 11 heavy (non-hydrogen) atoms. The average molecular weight is 152 g/mol. The molecule has 1 rings (SSSR count). The van der Waals surface area contributed by atoms with Gasteiger partial charge in [0.25, 0.3) is 0 Å². The van der Waals surface area contributed by atoms with Crippen LogP contribution in [0.5, 0.6) is 5.75 Å². The van der Waals surface area contributed by atoms with Crippen LogP contribution < -0.4 is 4.74 Å². The quantitative estimate of drug-likeness (QED) is 0.592. The highest BCUT2D eigenvalue weighted by atomic mass is 19.1. The summed E-state index contributed by atoms with van der Waals surface area (Å²) in [5, 5.41) is 0. The molecule has 0 fully saturated rings. The first-order chi connectivity index (χ1) is 5.33. The van der Waals surface area contributed by atoms with Crippen molar-refractivity contribution in [1.82, 2.24) is 0 Å². The van der Waals surface area contributed by atoms with E-state index in [9.17, 15) is 4.39 Å². The summed E-state index contributed by atoms with van der Waals surface area (Å²) >= 11 is 0. The Morgan fingerprint density at radius 2 is 1.91 bits per heavy atom. The molecule has 0 aliphatic heterocycles. The number of allylic oxidation sites excluding steroid dienone is 1. The van der Waals surface area contributed by atoms with E-state index < -0.39 is 0 Å². The zero-order chi connectivity index (χ0) is 8.10. The van der Waals surface area contributed by atoms with Crippen LogP contribution in [0.2, 0.25) is 0 Å². The summed E-state index contributed by atoms with van der Waals surface area (Å²) in [4.78, 5) is 0. The van der Waals surface area contributed by atoms with Gasteiger partial charge in [-0.15, -0.1) is 0 Å². The fraction of sp³-hybridized carbons (Fsp3) is 0.111. The highest BCUT2D eigenvalue weighted by Gasteiger charge is 1.90. The Balaban J connectivity index is 2.66. The van der Waals surface area contributed by atoms with E-state index in [4.69, 9.17) is 4.74 Å². The van der Waals surface area contributed by atoms with E-state index in [0.29, 0.717) is 5.75 Å². The second-order valence-corrected chi connectivity index (χ2v) is 2.04. The molecule has 58 valence electrons. The van der Waals surface area contributed by atoms with Crippen molar-refractivity contribution in [1.29, 1.82) is 0 Å². The molecule has 0 amide bonds. The Hall–Kier alpha value is -1.31. The Morgan fingerprint density at radius 3 is 2.45 bits per heavy atom. The van der Waals surface area contributed by atoms with Crippen molar-refractivity contribution in [3.8, 4) is 5.75 Å². The fourth-order valence-electron chi connectivity index (χ4n) is 0.660. The minimum Gasteiger partial charge on any atom is -0.465 e. The Morgan fingerprint density at radius 1 is 1.27 bits per heavy atom. The lowest BCUT2D eigenvalue weighted by Gasteiger charge is -1.97. The van der Waals surface area contributed by atoms with Crippen LogP contribution in [0, 0.1) is 5.82 Å². The third-order valence-electron chi connectivity index (χ3n) is 1.15. The van der Waals surface area contributed by atoms with Crippen LogP contribution in [-0.2, 0) is 0 Å². The standard InChI is InChI=1S/C9H9FO/c1-2-7-11-9-5-3-8(10)4-6-9/h2-7H,1H3. The van der Waals surface area contributed by atoms with Crippen LogP contribution in [0.1, 0.15) is 6.92 Å². The van der Waals surface area contributed by atoms with Crippen LogP contribution in [-0.4, -0.2) is 0 Å². The van der Waals surface area contributed by atoms with Crippen molar-refractivity contribution in [3.05, 3.63) is 42.4 Å². The Labute approximate surface area is 65.1 Å². The second kappa shape index (κ2) is 3.76. The van der Waals surface area contributed by atoms with E-state index in [-0.39, 0.29) is 5.82 Å². The van der Waals surface area contributed by atoms with E-state index in [1.54, 1.807) is 24.5 Å². The van der Waals surface area contributed by atoms with Gasteiger partial charge in [0.15, 0.2) is 0 Å². The Kier molecular flexibility index (Phi) is 2.66. The lowest BCUT2D eigenvalue weighted by molar-refractivity contribution is 0.478. The third-order valence-corrected chi connectivity index (χ3v) is 1.15. The zero-order valence-electron chi connectivity index (χ0n) is 6.25. The monoisotopic (exact) mass is 152 g/mol. The maximum atomic E-state index is 12.3. The van der Waals surface area contributed by atoms with Crippen molar-refractivity contribution in [2.24, 2.45) is 0 Å². The summed E-state index contributed by atoms with van der Waals surface area (Å²) in [5.74, 6) is 0.391. The molecule has 1 nitrogen and oxygen atoms in total. The highest BCUT2D eigenvalue weighted by Crippen LogP contribution is 2.10. The maximum Gasteiger partial charge on any atom is 0.126 e. The molecule has 0 bridgehead atoms. The number of ether oxygens (including phenoxy) is 1. The summed E-state index contributed by atoms with van der Waals surface area (Å²) in [6, 6.07) is 5.88. The van der Waals surface area contributed by atoms with Crippen LogP contribution in [0.25, 0.3) is 0 Å². The number of benzene rings is 1. The molecule has 0 saturated carbocycles. The van der Waals surface area contributed by atoms with E-state index in [2.05, 4.69) is 0 Å². The summed E-state index contributed by atoms with van der Waals surface area (Å²) in [5.41, 5.74) is 0. The number of halogens is 1. The molecule has 0 atom stereocenters. The van der Waals surface area contributed by atoms with Gasteiger partial charge in [-0.05, 0) is 31.2 Å². The van der Waals surface area contributed by atoms with E-state index in [0.717, 1.165) is 0 Å². The van der Waals surface area contributed by atoms with Crippen LogP contribution >= 0.6 is 0 Å². The Bertz CT molecular complexity index is 238. The predicted molar refractivity (Wildman–Crippen MR) is 41.8 cm³/mol. The van der Waals surface area contributed by atoms with E-state index >= 15 is 0 Å². The molecule has 0 saturated heterocycles. The molecular weight excluding hydrogens is 143 g/mol. The minimum atomic E-state index is -0.252. The van der Waals surface area contributed by atoms with Crippen LogP contribution in [0.4, 0.5) is 4.39 Å². The van der Waals surface area contributed by atoms with Gasteiger partial charge in [0.05, 0.1) is 6.26 Å². The smallest absolute Gasteiger partial charge is 0.126 e. The first-order valence-electron chi connectivity index (χ1n) is 3.36. The van der Waals surface area contributed by atoms with Crippen molar-refractivity contribution in [2.45, 2.75) is 6.92 Å². The molecule has 0 radical (unpaired) electrons. The zero-order valence-corrected chi connectivity index (χ0v) is 6.25. The molecule has 0 spiro atoms. The summed E-state index contributed by atoms with van der Waals surface area (Å²) < 4.78 is 17.4. The van der Waals surface area contributed by atoms with Gasteiger partial charge < -0.3 is 4.74 Å². The summed E-state index contributed by atoms with van der Waals surface area (Å²) in [6.07, 6.45) is 3.32. The first kappa shape index (κ1) is 7.79. The lowest BCUT2D eigenvalue weighted by atomic mass is 10.3. The van der Waals surface area contributed by atoms with Crippen LogP contribution in [0.3, 0.4) is 0 Å². The topological polar surface area (TPSA) is 9.23 Å². The average Bonchev–Trinajstić information content (AvgIpc) is 2.04. The molecular formula is C9H9FO. The van der Waals surface area contributed by atoms with E-state index in [1.807, 2.05) is 6.92 Å². The molecule has 0 unspecified atom stereocenters. The van der Waals surface area contributed by atoms with E-state index in [1.165, 1.54) is 12.1 Å². The molecule has 0 heterocycles. The fourth-order valence-corrected chi connectivity index (χ4v) is 0.660. The van der Waals surface area contributed by atoms with Gasteiger partial charge in [0.2, 0.25) is 0 Å². The van der Waals surface area contributed by atoms with Gasteiger partial charge in [-0.3, -0.25) is 0 Å². The number of hydrogen-bond acceptors (Lipinski definition) is 1. The molecule has 0 aromatic heterocycles. The second-order valence-electron chi connectivity index (χ2n) is 2.04. The van der Waals surface area contributed by atoms with Crippen molar-refractivity contribution < 1.29 is 9.13 Å². The lowest BCUT2D eigenvalue weighted by Crippen LogP contribution is -1.80. The molecule has 1 aromatic carbocycles. The molecule has 0 N–H and O–H groups in total. The normalized spacial score (nSPS) is 10.4. The largest absolute Gasteiger partial charge is 0.465 e. The summed E-state index contributed by atoms with van der Waals surface area (Å²) in [6.45, 7) is 1.85. The first-order valence-corrected chi connectivity index (χ1v) is 3.36. The maximum absolute atomic E-state index is 12.3.